The molecule has 64 heavy (non-hydrogen) atoms. The molecule has 0 aliphatic carbocycles. The highest BCUT2D eigenvalue weighted by Crippen LogP contribution is 2.15. The number of rotatable bonds is 49. The summed E-state index contributed by atoms with van der Waals surface area (Å²) in [5, 5.41) is 0. The first-order valence-corrected chi connectivity index (χ1v) is 27.1. The minimum atomic E-state index is -0.572. The second-order valence-electron chi connectivity index (χ2n) is 17.8. The number of esters is 2. The van der Waals surface area contributed by atoms with E-state index in [0.29, 0.717) is 25.9 Å². The van der Waals surface area contributed by atoms with Gasteiger partial charge in [-0.05, 0) is 83.5 Å². The van der Waals surface area contributed by atoms with Crippen molar-refractivity contribution in [2.45, 2.75) is 258 Å². The first-order valence-electron chi connectivity index (χ1n) is 27.1. The van der Waals surface area contributed by atoms with Gasteiger partial charge in [0.15, 0.2) is 6.10 Å². The van der Waals surface area contributed by atoms with Crippen molar-refractivity contribution in [3.05, 3.63) is 85.1 Å². The van der Waals surface area contributed by atoms with Gasteiger partial charge in [-0.2, -0.15) is 0 Å². The summed E-state index contributed by atoms with van der Waals surface area (Å²) in [6.07, 6.45) is 71.8. The van der Waals surface area contributed by atoms with Crippen molar-refractivity contribution in [2.75, 3.05) is 19.8 Å². The molecule has 0 unspecified atom stereocenters. The third-order valence-electron chi connectivity index (χ3n) is 11.4. The number of carbonyl (C=O) groups is 2. The van der Waals surface area contributed by atoms with Crippen molar-refractivity contribution >= 4 is 11.9 Å². The molecule has 0 heterocycles. The highest BCUT2D eigenvalue weighted by Gasteiger charge is 2.17. The fourth-order valence-corrected chi connectivity index (χ4v) is 7.41. The summed E-state index contributed by atoms with van der Waals surface area (Å²) < 4.78 is 17.4. The minimum absolute atomic E-state index is 0.0411. The van der Waals surface area contributed by atoms with E-state index in [1.807, 2.05) is 6.08 Å². The van der Waals surface area contributed by atoms with Crippen LogP contribution in [0.15, 0.2) is 85.1 Å². The van der Waals surface area contributed by atoms with Crippen molar-refractivity contribution in [3.63, 3.8) is 0 Å². The molecule has 5 heteroatoms. The van der Waals surface area contributed by atoms with Gasteiger partial charge in [0.2, 0.25) is 0 Å². The van der Waals surface area contributed by atoms with Crippen LogP contribution in [-0.2, 0) is 23.8 Å². The summed E-state index contributed by atoms with van der Waals surface area (Å²) in [5.74, 6) is -0.499. The van der Waals surface area contributed by atoms with E-state index in [1.54, 1.807) is 0 Å². The van der Waals surface area contributed by atoms with E-state index < -0.39 is 6.10 Å². The Morgan fingerprint density at radius 2 is 0.734 bits per heavy atom. The molecule has 0 fully saturated rings. The van der Waals surface area contributed by atoms with Crippen molar-refractivity contribution in [3.8, 4) is 0 Å². The van der Waals surface area contributed by atoms with Crippen LogP contribution in [-0.4, -0.2) is 37.9 Å². The van der Waals surface area contributed by atoms with Crippen molar-refractivity contribution in [2.24, 2.45) is 0 Å². The smallest absolute Gasteiger partial charge is 0.306 e. The van der Waals surface area contributed by atoms with E-state index in [9.17, 15) is 9.59 Å². The number of carbonyl (C=O) groups excluding carboxylic acids is 2. The van der Waals surface area contributed by atoms with E-state index >= 15 is 0 Å². The molecule has 0 aromatic heterocycles. The molecule has 0 aliphatic heterocycles. The fraction of sp³-hybridized carbons (Fsp3) is 0.729. The maximum atomic E-state index is 12.8. The Balaban J connectivity index is 4.37. The largest absolute Gasteiger partial charge is 0.462 e. The standard InChI is InChI=1S/C59H102O5/c1-4-7-10-13-16-19-22-25-27-29-30-31-32-35-37-40-43-46-49-52-58(60)63-56-57(64-59(61)53-50-47-44-41-38-34-24-21-18-15-12-9-6-3)55-62-54-51-48-45-42-39-36-33-28-26-23-20-17-14-11-8-5-2/h7,10,16,19,21,24-25,27,30-31,35,37,43,46,57H,4-6,8-9,11-15,17-18,20,22-23,26,28-29,32-34,36,38-42,44-45,47-56H2,1-3H3/b10-7-,19-16-,24-21-,27-25-,31-30-,37-35-,46-43-/t57-/m1/s1. The van der Waals surface area contributed by atoms with Crippen molar-refractivity contribution in [1.82, 2.24) is 0 Å². The third kappa shape index (κ3) is 51.7. The molecule has 0 N–H and O–H groups in total. The quantitative estimate of drug-likeness (QED) is 0.0346. The summed E-state index contributed by atoms with van der Waals surface area (Å²) in [5.41, 5.74) is 0. The van der Waals surface area contributed by atoms with E-state index in [1.165, 1.54) is 135 Å². The van der Waals surface area contributed by atoms with Crippen LogP contribution in [0.2, 0.25) is 0 Å². The Kier molecular flexibility index (Phi) is 51.9. The SMILES string of the molecule is CC/C=C\C/C=C\C/C=C\C/C=C\C/C=C\C/C=C\CCC(=O)OC[C@@H](COCCCCCCCCCCCCCCCCCC)OC(=O)CCCCCCC/C=C\CCCCCC. The molecule has 0 saturated heterocycles. The molecule has 1 atom stereocenters. The molecule has 368 valence electrons. The third-order valence-corrected chi connectivity index (χ3v) is 11.4. The molecule has 0 spiro atoms. The summed E-state index contributed by atoms with van der Waals surface area (Å²) in [7, 11) is 0. The van der Waals surface area contributed by atoms with Crippen LogP contribution >= 0.6 is 0 Å². The second kappa shape index (κ2) is 54.4. The van der Waals surface area contributed by atoms with Gasteiger partial charge in [-0.25, -0.2) is 0 Å². The van der Waals surface area contributed by atoms with Gasteiger partial charge < -0.3 is 14.2 Å². The Labute approximate surface area is 397 Å². The molecule has 0 aromatic carbocycles. The lowest BCUT2D eigenvalue weighted by atomic mass is 10.0. The molecule has 5 nitrogen and oxygen atoms in total. The number of allylic oxidation sites excluding steroid dienone is 14. The van der Waals surface area contributed by atoms with E-state index in [4.69, 9.17) is 14.2 Å². The fourth-order valence-electron chi connectivity index (χ4n) is 7.41. The lowest BCUT2D eigenvalue weighted by molar-refractivity contribution is -0.162. The molecule has 0 aliphatic rings. The molecule has 0 rings (SSSR count). The average Bonchev–Trinajstić information content (AvgIpc) is 3.30. The van der Waals surface area contributed by atoms with Crippen LogP contribution < -0.4 is 0 Å². The van der Waals surface area contributed by atoms with Crippen molar-refractivity contribution < 1.29 is 23.8 Å². The maximum absolute atomic E-state index is 12.8. The maximum Gasteiger partial charge on any atom is 0.306 e. The summed E-state index contributed by atoms with van der Waals surface area (Å²) in [4.78, 5) is 25.4. The average molecular weight is 891 g/mol. The van der Waals surface area contributed by atoms with Gasteiger partial charge in [0, 0.05) is 19.4 Å². The van der Waals surface area contributed by atoms with Crippen LogP contribution in [0.25, 0.3) is 0 Å². The summed E-state index contributed by atoms with van der Waals surface area (Å²) >= 11 is 0. The predicted molar refractivity (Wildman–Crippen MR) is 279 cm³/mol. The number of hydrogen-bond donors (Lipinski definition) is 0. The molecular weight excluding hydrogens is 789 g/mol. The summed E-state index contributed by atoms with van der Waals surface area (Å²) in [6, 6.07) is 0. The van der Waals surface area contributed by atoms with E-state index in [0.717, 1.165) is 77.0 Å². The van der Waals surface area contributed by atoms with Gasteiger partial charge in [0.1, 0.15) is 6.61 Å². The second-order valence-corrected chi connectivity index (χ2v) is 17.8. The van der Waals surface area contributed by atoms with Crippen LogP contribution in [0.1, 0.15) is 252 Å². The van der Waals surface area contributed by atoms with E-state index in [2.05, 4.69) is 99.8 Å². The molecule has 0 amide bonds. The first kappa shape index (κ1) is 61.1. The zero-order valence-electron chi connectivity index (χ0n) is 42.3. The Morgan fingerprint density at radius 3 is 1.20 bits per heavy atom. The lowest BCUT2D eigenvalue weighted by Gasteiger charge is -2.18. The number of hydrogen-bond acceptors (Lipinski definition) is 5. The van der Waals surface area contributed by atoms with Gasteiger partial charge in [-0.1, -0.05) is 241 Å². The normalized spacial score (nSPS) is 12.9. The van der Waals surface area contributed by atoms with E-state index in [-0.39, 0.29) is 25.2 Å². The monoisotopic (exact) mass is 891 g/mol. The van der Waals surface area contributed by atoms with Crippen LogP contribution in [0.4, 0.5) is 0 Å². The van der Waals surface area contributed by atoms with Crippen molar-refractivity contribution in [1.29, 1.82) is 0 Å². The van der Waals surface area contributed by atoms with Gasteiger partial charge in [0.05, 0.1) is 6.61 Å². The Hall–Kier alpha value is -2.92. The zero-order valence-corrected chi connectivity index (χ0v) is 42.3. The highest BCUT2D eigenvalue weighted by molar-refractivity contribution is 5.70. The van der Waals surface area contributed by atoms with Gasteiger partial charge in [-0.15, -0.1) is 0 Å². The molecule has 0 saturated carbocycles. The molecular formula is C59H102O5. The summed E-state index contributed by atoms with van der Waals surface area (Å²) in [6.45, 7) is 7.63. The van der Waals surface area contributed by atoms with Crippen LogP contribution in [0, 0.1) is 0 Å². The predicted octanol–water partition coefficient (Wildman–Crippen LogP) is 18.5. The van der Waals surface area contributed by atoms with Crippen LogP contribution in [0.5, 0.6) is 0 Å². The first-order chi connectivity index (χ1) is 31.6. The Bertz CT molecular complexity index is 1190. The zero-order chi connectivity index (χ0) is 46.3. The van der Waals surface area contributed by atoms with Gasteiger partial charge in [0.25, 0.3) is 0 Å². The molecule has 0 aromatic rings. The van der Waals surface area contributed by atoms with Gasteiger partial charge >= 0.3 is 11.9 Å². The molecule has 0 bridgehead atoms. The Morgan fingerprint density at radius 1 is 0.359 bits per heavy atom. The number of ether oxygens (including phenoxy) is 3. The number of unbranched alkanes of at least 4 members (excludes halogenated alkanes) is 24. The molecule has 0 radical (unpaired) electrons. The minimum Gasteiger partial charge on any atom is -0.462 e. The van der Waals surface area contributed by atoms with Crippen LogP contribution in [0.3, 0.4) is 0 Å². The van der Waals surface area contributed by atoms with Gasteiger partial charge in [-0.3, -0.25) is 9.59 Å². The highest BCUT2D eigenvalue weighted by atomic mass is 16.6. The topological polar surface area (TPSA) is 61.8 Å². The lowest BCUT2D eigenvalue weighted by Crippen LogP contribution is -2.30.